The highest BCUT2D eigenvalue weighted by atomic mass is 19.1. The van der Waals surface area contributed by atoms with Gasteiger partial charge in [0.25, 0.3) is 0 Å². The molecule has 1 aliphatic rings. The summed E-state index contributed by atoms with van der Waals surface area (Å²) < 4.78 is 18.8. The SMILES string of the molecule is CCOC(=C(F)C(C)=O)C1C(C(=O)O)C1(C)C. The lowest BCUT2D eigenvalue weighted by atomic mass is 10.1. The van der Waals surface area contributed by atoms with Gasteiger partial charge in [-0.2, -0.15) is 4.39 Å². The Hall–Kier alpha value is -1.39. The van der Waals surface area contributed by atoms with Crippen LogP contribution in [0.2, 0.25) is 0 Å². The Balaban J connectivity index is 3.08. The number of carbonyl (C=O) groups is 2. The van der Waals surface area contributed by atoms with Crippen LogP contribution in [0, 0.1) is 17.3 Å². The zero-order chi connectivity index (χ0) is 13.4. The van der Waals surface area contributed by atoms with Crippen LogP contribution < -0.4 is 0 Å². The Kier molecular flexibility index (Phi) is 3.59. The lowest BCUT2D eigenvalue weighted by molar-refractivity contribution is -0.139. The zero-order valence-corrected chi connectivity index (χ0v) is 10.4. The molecule has 0 aromatic heterocycles. The van der Waals surface area contributed by atoms with E-state index in [1.54, 1.807) is 20.8 Å². The number of halogens is 1. The molecule has 0 spiro atoms. The first-order chi connectivity index (χ1) is 7.75. The maximum absolute atomic E-state index is 13.7. The lowest BCUT2D eigenvalue weighted by Gasteiger charge is -2.10. The summed E-state index contributed by atoms with van der Waals surface area (Å²) in [5, 5.41) is 9.01. The van der Waals surface area contributed by atoms with E-state index in [-0.39, 0.29) is 12.4 Å². The number of allylic oxidation sites excluding steroid dienone is 2. The minimum absolute atomic E-state index is 0.114. The predicted molar refractivity (Wildman–Crippen MR) is 58.8 cm³/mol. The van der Waals surface area contributed by atoms with Gasteiger partial charge in [0.15, 0.2) is 5.78 Å². The molecule has 4 nitrogen and oxygen atoms in total. The first-order valence-corrected chi connectivity index (χ1v) is 5.51. The number of carboxylic acids is 1. The summed E-state index contributed by atoms with van der Waals surface area (Å²) in [6.07, 6.45) is 0. The number of hydrogen-bond acceptors (Lipinski definition) is 3. The highest BCUT2D eigenvalue weighted by Crippen LogP contribution is 2.62. The van der Waals surface area contributed by atoms with Crippen molar-refractivity contribution in [3.8, 4) is 0 Å². The summed E-state index contributed by atoms with van der Waals surface area (Å²) >= 11 is 0. The monoisotopic (exact) mass is 244 g/mol. The summed E-state index contributed by atoms with van der Waals surface area (Å²) in [7, 11) is 0. The number of ether oxygens (including phenoxy) is 1. The quantitative estimate of drug-likeness (QED) is 0.594. The van der Waals surface area contributed by atoms with Crippen LogP contribution in [0.1, 0.15) is 27.7 Å². The molecule has 0 aliphatic heterocycles. The Morgan fingerprint density at radius 3 is 2.18 bits per heavy atom. The molecule has 1 N–H and O–H groups in total. The van der Waals surface area contributed by atoms with Gasteiger partial charge in [0.2, 0.25) is 5.83 Å². The zero-order valence-electron chi connectivity index (χ0n) is 10.4. The average Bonchev–Trinajstić information content (AvgIpc) is 2.76. The van der Waals surface area contributed by atoms with Crippen molar-refractivity contribution in [2.75, 3.05) is 6.61 Å². The van der Waals surface area contributed by atoms with Gasteiger partial charge < -0.3 is 9.84 Å². The number of rotatable bonds is 5. The summed E-state index contributed by atoms with van der Waals surface area (Å²) in [6.45, 7) is 6.42. The molecule has 2 unspecified atom stereocenters. The van der Waals surface area contributed by atoms with Crippen molar-refractivity contribution < 1.29 is 23.8 Å². The van der Waals surface area contributed by atoms with Crippen LogP contribution in [-0.2, 0) is 14.3 Å². The van der Waals surface area contributed by atoms with Crippen molar-refractivity contribution in [3.63, 3.8) is 0 Å². The van der Waals surface area contributed by atoms with Crippen LogP contribution in [0.25, 0.3) is 0 Å². The largest absolute Gasteiger partial charge is 0.495 e. The maximum Gasteiger partial charge on any atom is 0.307 e. The molecule has 1 saturated carbocycles. The molecule has 1 aliphatic carbocycles. The van der Waals surface area contributed by atoms with Gasteiger partial charge in [-0.1, -0.05) is 13.8 Å². The van der Waals surface area contributed by atoms with Crippen molar-refractivity contribution in [2.24, 2.45) is 17.3 Å². The standard InChI is InChI=1S/C12H17FO4/c1-5-17-10(9(13)6(2)14)7-8(11(15)16)12(7,3)4/h7-8H,5H2,1-4H3,(H,15,16). The van der Waals surface area contributed by atoms with Crippen LogP contribution in [0.5, 0.6) is 0 Å². The second-order valence-corrected chi connectivity index (χ2v) is 4.78. The van der Waals surface area contributed by atoms with Crippen LogP contribution >= 0.6 is 0 Å². The molecule has 1 rings (SSSR count). The van der Waals surface area contributed by atoms with E-state index in [2.05, 4.69) is 0 Å². The van der Waals surface area contributed by atoms with E-state index in [0.717, 1.165) is 6.92 Å². The van der Waals surface area contributed by atoms with Gasteiger partial charge in [-0.3, -0.25) is 9.59 Å². The summed E-state index contributed by atoms with van der Waals surface area (Å²) in [4.78, 5) is 22.0. The second-order valence-electron chi connectivity index (χ2n) is 4.78. The Morgan fingerprint density at radius 1 is 1.35 bits per heavy atom. The molecule has 17 heavy (non-hydrogen) atoms. The average molecular weight is 244 g/mol. The smallest absolute Gasteiger partial charge is 0.307 e. The summed E-state index contributed by atoms with van der Waals surface area (Å²) in [5.74, 6) is -4.07. The first-order valence-electron chi connectivity index (χ1n) is 5.51. The molecular weight excluding hydrogens is 227 g/mol. The number of Topliss-reactive ketones (excluding diaryl/α,β-unsaturated/α-hetero) is 1. The van der Waals surface area contributed by atoms with Crippen molar-refractivity contribution in [1.29, 1.82) is 0 Å². The van der Waals surface area contributed by atoms with Gasteiger partial charge in [-0.25, -0.2) is 0 Å². The second kappa shape index (κ2) is 4.47. The van der Waals surface area contributed by atoms with Gasteiger partial charge in [0, 0.05) is 12.8 Å². The lowest BCUT2D eigenvalue weighted by Crippen LogP contribution is -2.07. The third-order valence-corrected chi connectivity index (χ3v) is 3.20. The predicted octanol–water partition coefficient (Wildman–Crippen LogP) is 2.15. The van der Waals surface area contributed by atoms with Gasteiger partial charge >= 0.3 is 5.97 Å². The molecule has 0 bridgehead atoms. The van der Waals surface area contributed by atoms with Crippen LogP contribution in [0.3, 0.4) is 0 Å². The third kappa shape index (κ3) is 2.33. The summed E-state index contributed by atoms with van der Waals surface area (Å²) in [5.41, 5.74) is -0.580. The number of carbonyl (C=O) groups excluding carboxylic acids is 1. The van der Waals surface area contributed by atoms with E-state index in [4.69, 9.17) is 9.84 Å². The number of hydrogen-bond donors (Lipinski definition) is 1. The van der Waals surface area contributed by atoms with Gasteiger partial charge in [-0.05, 0) is 12.3 Å². The first kappa shape index (κ1) is 13.7. The minimum Gasteiger partial charge on any atom is -0.495 e. The van der Waals surface area contributed by atoms with Crippen molar-refractivity contribution in [1.82, 2.24) is 0 Å². The molecule has 0 aromatic rings. The molecule has 2 atom stereocenters. The normalized spacial score (nSPS) is 27.1. The van der Waals surface area contributed by atoms with Crippen LogP contribution in [-0.4, -0.2) is 23.5 Å². The Morgan fingerprint density at radius 2 is 1.88 bits per heavy atom. The van der Waals surface area contributed by atoms with Crippen molar-refractivity contribution in [3.05, 3.63) is 11.6 Å². The van der Waals surface area contributed by atoms with Gasteiger partial charge in [0.05, 0.1) is 12.5 Å². The van der Waals surface area contributed by atoms with Gasteiger partial charge in [-0.15, -0.1) is 0 Å². The molecule has 0 heterocycles. The number of aliphatic carboxylic acids is 1. The highest BCUT2D eigenvalue weighted by molar-refractivity contribution is 5.92. The van der Waals surface area contributed by atoms with E-state index < -0.39 is 34.8 Å². The fraction of sp³-hybridized carbons (Fsp3) is 0.667. The third-order valence-electron chi connectivity index (χ3n) is 3.20. The van der Waals surface area contributed by atoms with Crippen LogP contribution in [0.15, 0.2) is 11.6 Å². The summed E-state index contributed by atoms with van der Waals surface area (Å²) in [6, 6.07) is 0. The molecule has 96 valence electrons. The Labute approximate surface area is 99.5 Å². The fourth-order valence-corrected chi connectivity index (χ4v) is 2.21. The molecule has 0 aromatic carbocycles. The van der Waals surface area contributed by atoms with Crippen molar-refractivity contribution in [2.45, 2.75) is 27.7 Å². The molecule has 1 fully saturated rings. The molecule has 0 saturated heterocycles. The minimum atomic E-state index is -0.992. The highest BCUT2D eigenvalue weighted by Gasteiger charge is 2.65. The van der Waals surface area contributed by atoms with E-state index in [0.29, 0.717) is 0 Å². The van der Waals surface area contributed by atoms with Crippen molar-refractivity contribution >= 4 is 11.8 Å². The van der Waals surface area contributed by atoms with E-state index in [1.165, 1.54) is 0 Å². The van der Waals surface area contributed by atoms with E-state index >= 15 is 0 Å². The Bertz CT molecular complexity index is 384. The van der Waals surface area contributed by atoms with E-state index in [9.17, 15) is 14.0 Å². The molecule has 0 amide bonds. The van der Waals surface area contributed by atoms with E-state index in [1.807, 2.05) is 0 Å². The van der Waals surface area contributed by atoms with Crippen LogP contribution in [0.4, 0.5) is 4.39 Å². The molecular formula is C12H17FO4. The topological polar surface area (TPSA) is 63.6 Å². The fourth-order valence-electron chi connectivity index (χ4n) is 2.21. The molecule has 5 heteroatoms. The molecule has 0 radical (unpaired) electrons. The maximum atomic E-state index is 13.7. The van der Waals surface area contributed by atoms with Gasteiger partial charge in [0.1, 0.15) is 5.76 Å². The number of carboxylic acid groups (broad SMARTS) is 1. The number of ketones is 1.